The number of hydrogen-bond donors (Lipinski definition) is 0. The van der Waals surface area contributed by atoms with Crippen molar-refractivity contribution < 1.29 is 4.79 Å². The van der Waals surface area contributed by atoms with Gasteiger partial charge in [-0.3, -0.25) is 0 Å². The lowest BCUT2D eigenvalue weighted by atomic mass is 9.80. The van der Waals surface area contributed by atoms with Gasteiger partial charge in [-0.15, -0.1) is 0 Å². The van der Waals surface area contributed by atoms with Crippen molar-refractivity contribution in [2.45, 2.75) is 40.5 Å². The minimum atomic E-state index is 0.184. The molecule has 0 bridgehead atoms. The van der Waals surface area contributed by atoms with Crippen LogP contribution in [0.25, 0.3) is 0 Å². The van der Waals surface area contributed by atoms with Gasteiger partial charge in [-0.25, -0.2) is 0 Å². The van der Waals surface area contributed by atoms with E-state index in [4.69, 9.17) is 0 Å². The monoisotopic (exact) mass is 206 g/mol. The van der Waals surface area contributed by atoms with Gasteiger partial charge >= 0.3 is 0 Å². The number of allylic oxidation sites excluding steroid dienone is 4. The van der Waals surface area contributed by atoms with Crippen molar-refractivity contribution in [3.05, 3.63) is 23.8 Å². The van der Waals surface area contributed by atoms with Gasteiger partial charge < -0.3 is 4.79 Å². The molecule has 1 nitrogen and oxygen atoms in total. The maximum atomic E-state index is 10.6. The Morgan fingerprint density at radius 1 is 1.53 bits per heavy atom. The molecule has 0 radical (unpaired) electrons. The maximum absolute atomic E-state index is 10.6. The molecule has 0 spiro atoms. The van der Waals surface area contributed by atoms with Gasteiger partial charge in [-0.05, 0) is 29.7 Å². The van der Waals surface area contributed by atoms with Crippen LogP contribution in [0.4, 0.5) is 0 Å². The molecule has 1 heteroatoms. The highest BCUT2D eigenvalue weighted by Crippen LogP contribution is 2.32. The van der Waals surface area contributed by atoms with E-state index in [1.807, 2.05) is 6.92 Å². The van der Waals surface area contributed by atoms with Crippen LogP contribution < -0.4 is 0 Å². The summed E-state index contributed by atoms with van der Waals surface area (Å²) in [4.78, 5) is 10.6. The Hall–Kier alpha value is -0.850. The predicted molar refractivity (Wildman–Crippen MR) is 64.6 cm³/mol. The SMILES string of the molecule is CC(C=O)CC1C=CC(C(C)(C)C)=CC1. The van der Waals surface area contributed by atoms with Gasteiger partial charge in [-0.1, -0.05) is 45.9 Å². The lowest BCUT2D eigenvalue weighted by Gasteiger charge is -2.25. The Labute approximate surface area is 93.3 Å². The van der Waals surface area contributed by atoms with Gasteiger partial charge in [0.1, 0.15) is 6.29 Å². The molecule has 2 atom stereocenters. The van der Waals surface area contributed by atoms with E-state index in [0.29, 0.717) is 5.92 Å². The van der Waals surface area contributed by atoms with Crippen molar-refractivity contribution in [2.75, 3.05) is 0 Å². The molecule has 0 amide bonds. The number of rotatable bonds is 3. The summed E-state index contributed by atoms with van der Waals surface area (Å²) in [5, 5.41) is 0. The summed E-state index contributed by atoms with van der Waals surface area (Å²) in [6, 6.07) is 0. The topological polar surface area (TPSA) is 17.1 Å². The van der Waals surface area contributed by atoms with Crippen LogP contribution in [0.15, 0.2) is 23.8 Å². The Morgan fingerprint density at radius 3 is 2.60 bits per heavy atom. The van der Waals surface area contributed by atoms with Gasteiger partial charge in [0, 0.05) is 5.92 Å². The number of aldehydes is 1. The molecule has 0 aromatic heterocycles. The molecular formula is C14H22O. The fourth-order valence-electron chi connectivity index (χ4n) is 1.93. The summed E-state index contributed by atoms with van der Waals surface area (Å²) >= 11 is 0. The number of hydrogen-bond acceptors (Lipinski definition) is 1. The summed E-state index contributed by atoms with van der Waals surface area (Å²) in [5.41, 5.74) is 1.66. The van der Waals surface area contributed by atoms with E-state index in [9.17, 15) is 4.79 Å². The van der Waals surface area contributed by atoms with E-state index in [0.717, 1.165) is 19.1 Å². The molecule has 84 valence electrons. The van der Waals surface area contributed by atoms with Crippen LogP contribution in [0, 0.1) is 17.3 Å². The molecular weight excluding hydrogens is 184 g/mol. The number of carbonyl (C=O) groups excluding carboxylic acids is 1. The molecule has 0 saturated heterocycles. The van der Waals surface area contributed by atoms with Crippen LogP contribution >= 0.6 is 0 Å². The van der Waals surface area contributed by atoms with E-state index in [1.54, 1.807) is 0 Å². The molecule has 0 aromatic rings. The zero-order valence-electron chi connectivity index (χ0n) is 10.3. The van der Waals surface area contributed by atoms with Gasteiger partial charge in [0.2, 0.25) is 0 Å². The fraction of sp³-hybridized carbons (Fsp3) is 0.643. The molecule has 1 rings (SSSR count). The molecule has 1 aliphatic rings. The lowest BCUT2D eigenvalue weighted by molar-refractivity contribution is -0.111. The first-order valence-corrected chi connectivity index (χ1v) is 5.77. The first-order chi connectivity index (χ1) is 6.93. The molecule has 15 heavy (non-hydrogen) atoms. The van der Waals surface area contributed by atoms with Gasteiger partial charge in [0.05, 0.1) is 0 Å². The Kier molecular flexibility index (Phi) is 3.90. The summed E-state index contributed by atoms with van der Waals surface area (Å²) in [6.45, 7) is 8.69. The second-order valence-corrected chi connectivity index (χ2v) is 5.61. The van der Waals surface area contributed by atoms with Gasteiger partial charge in [-0.2, -0.15) is 0 Å². The first kappa shape index (κ1) is 12.2. The maximum Gasteiger partial charge on any atom is 0.122 e. The summed E-state index contributed by atoms with van der Waals surface area (Å²) in [7, 11) is 0. The zero-order chi connectivity index (χ0) is 11.5. The highest BCUT2D eigenvalue weighted by atomic mass is 16.1. The summed E-state index contributed by atoms with van der Waals surface area (Å²) in [6.07, 6.45) is 9.93. The van der Waals surface area contributed by atoms with Crippen molar-refractivity contribution in [2.24, 2.45) is 17.3 Å². The molecule has 0 saturated carbocycles. The highest BCUT2D eigenvalue weighted by molar-refractivity contribution is 5.52. The molecule has 2 unspecified atom stereocenters. The van der Waals surface area contributed by atoms with Crippen LogP contribution in [0.5, 0.6) is 0 Å². The highest BCUT2D eigenvalue weighted by Gasteiger charge is 2.19. The van der Waals surface area contributed by atoms with Crippen LogP contribution in [-0.4, -0.2) is 6.29 Å². The normalized spacial score (nSPS) is 23.5. The predicted octanol–water partition coefficient (Wildman–Crippen LogP) is 3.76. The van der Waals surface area contributed by atoms with Crippen LogP contribution in [-0.2, 0) is 4.79 Å². The molecule has 0 aliphatic heterocycles. The van der Waals surface area contributed by atoms with Crippen molar-refractivity contribution in [1.82, 2.24) is 0 Å². The minimum absolute atomic E-state index is 0.184. The molecule has 0 fully saturated rings. The smallest absolute Gasteiger partial charge is 0.122 e. The van der Waals surface area contributed by atoms with Gasteiger partial charge in [0.25, 0.3) is 0 Å². The zero-order valence-corrected chi connectivity index (χ0v) is 10.3. The van der Waals surface area contributed by atoms with Gasteiger partial charge in [0.15, 0.2) is 0 Å². The third kappa shape index (κ3) is 3.65. The third-order valence-electron chi connectivity index (χ3n) is 2.96. The van der Waals surface area contributed by atoms with Crippen LogP contribution in [0.1, 0.15) is 40.5 Å². The molecule has 1 aliphatic carbocycles. The summed E-state index contributed by atoms with van der Waals surface area (Å²) in [5.74, 6) is 0.737. The first-order valence-electron chi connectivity index (χ1n) is 5.77. The van der Waals surface area contributed by atoms with Crippen molar-refractivity contribution in [3.63, 3.8) is 0 Å². The van der Waals surface area contributed by atoms with E-state index in [-0.39, 0.29) is 11.3 Å². The average Bonchev–Trinajstić information content (AvgIpc) is 2.17. The second-order valence-electron chi connectivity index (χ2n) is 5.61. The Morgan fingerprint density at radius 2 is 2.20 bits per heavy atom. The van der Waals surface area contributed by atoms with Crippen molar-refractivity contribution >= 4 is 6.29 Å². The Balaban J connectivity index is 2.53. The van der Waals surface area contributed by atoms with Crippen LogP contribution in [0.2, 0.25) is 0 Å². The molecule has 0 heterocycles. The van der Waals surface area contributed by atoms with E-state index in [2.05, 4.69) is 39.0 Å². The third-order valence-corrected chi connectivity index (χ3v) is 2.96. The molecule has 0 aromatic carbocycles. The average molecular weight is 206 g/mol. The standard InChI is InChI=1S/C14H22O/c1-11(10-15)9-12-5-7-13(8-6-12)14(2,3)4/h5,7-8,10-12H,6,9H2,1-4H3. The largest absolute Gasteiger partial charge is 0.303 e. The van der Waals surface area contributed by atoms with E-state index < -0.39 is 0 Å². The molecule has 0 N–H and O–H groups in total. The van der Waals surface area contributed by atoms with Crippen molar-refractivity contribution in [1.29, 1.82) is 0 Å². The van der Waals surface area contributed by atoms with E-state index in [1.165, 1.54) is 5.57 Å². The Bertz CT molecular complexity index is 278. The van der Waals surface area contributed by atoms with Crippen molar-refractivity contribution in [3.8, 4) is 0 Å². The quantitative estimate of drug-likeness (QED) is 0.643. The fourth-order valence-corrected chi connectivity index (χ4v) is 1.93. The lowest BCUT2D eigenvalue weighted by Crippen LogP contribution is -2.13. The van der Waals surface area contributed by atoms with E-state index >= 15 is 0 Å². The second kappa shape index (κ2) is 4.78. The summed E-state index contributed by atoms with van der Waals surface area (Å²) < 4.78 is 0. The van der Waals surface area contributed by atoms with Crippen LogP contribution in [0.3, 0.4) is 0 Å². The number of carbonyl (C=O) groups is 1. The minimum Gasteiger partial charge on any atom is -0.303 e.